The zero-order chi connectivity index (χ0) is 10.1. The standard InChI is InChI=1S/C7H6BClO5/c9-5-1-4(14-8(10)11)2-6-7(5)13-3-12-6/h1-2,10-11H,3H2. The minimum atomic E-state index is -1.88. The van der Waals surface area contributed by atoms with Gasteiger partial charge in [0.1, 0.15) is 5.75 Å². The number of ether oxygens (including phenoxy) is 2. The Bertz CT molecular complexity index is 356. The summed E-state index contributed by atoms with van der Waals surface area (Å²) in [7, 11) is -1.88. The van der Waals surface area contributed by atoms with Crippen molar-refractivity contribution in [3.63, 3.8) is 0 Å². The Hall–Kier alpha value is -1.11. The van der Waals surface area contributed by atoms with E-state index in [0.29, 0.717) is 16.5 Å². The lowest BCUT2D eigenvalue weighted by Gasteiger charge is -2.06. The van der Waals surface area contributed by atoms with Crippen LogP contribution in [-0.4, -0.2) is 24.2 Å². The molecule has 5 nitrogen and oxygen atoms in total. The molecule has 7 heteroatoms. The van der Waals surface area contributed by atoms with Gasteiger partial charge in [-0.1, -0.05) is 11.6 Å². The van der Waals surface area contributed by atoms with Crippen LogP contribution in [0.2, 0.25) is 5.02 Å². The number of halogens is 1. The molecular weight excluding hydrogens is 210 g/mol. The third-order valence-corrected chi connectivity index (χ3v) is 1.92. The van der Waals surface area contributed by atoms with Crippen LogP contribution in [0.5, 0.6) is 17.2 Å². The van der Waals surface area contributed by atoms with Crippen LogP contribution in [0.3, 0.4) is 0 Å². The van der Waals surface area contributed by atoms with Gasteiger partial charge in [-0.15, -0.1) is 0 Å². The largest absolute Gasteiger partial charge is 0.707 e. The third-order valence-electron chi connectivity index (χ3n) is 1.64. The van der Waals surface area contributed by atoms with Gasteiger partial charge >= 0.3 is 7.32 Å². The highest BCUT2D eigenvalue weighted by Gasteiger charge is 2.20. The molecule has 0 radical (unpaired) electrons. The Kier molecular flexibility index (Phi) is 2.41. The van der Waals surface area contributed by atoms with Gasteiger partial charge < -0.3 is 24.2 Å². The molecule has 0 spiro atoms. The molecule has 0 fully saturated rings. The van der Waals surface area contributed by atoms with Crippen LogP contribution in [0.1, 0.15) is 0 Å². The summed E-state index contributed by atoms with van der Waals surface area (Å²) in [6, 6.07) is 2.88. The van der Waals surface area contributed by atoms with Gasteiger partial charge in [-0.05, 0) is 0 Å². The number of benzene rings is 1. The van der Waals surface area contributed by atoms with Crippen LogP contribution < -0.4 is 14.1 Å². The maximum atomic E-state index is 8.56. The second kappa shape index (κ2) is 3.57. The molecule has 0 unspecified atom stereocenters. The van der Waals surface area contributed by atoms with Crippen molar-refractivity contribution in [2.24, 2.45) is 0 Å². The molecule has 0 bridgehead atoms. The molecule has 0 saturated carbocycles. The minimum Gasteiger partial charge on any atom is -0.512 e. The lowest BCUT2D eigenvalue weighted by molar-refractivity contribution is 0.174. The molecule has 1 heterocycles. The highest BCUT2D eigenvalue weighted by molar-refractivity contribution is 6.34. The average Bonchev–Trinajstić information content (AvgIpc) is 2.50. The Labute approximate surface area is 85.0 Å². The van der Waals surface area contributed by atoms with E-state index in [2.05, 4.69) is 4.65 Å². The van der Waals surface area contributed by atoms with Gasteiger partial charge in [0, 0.05) is 12.1 Å². The molecule has 1 aromatic carbocycles. The number of hydrogen-bond acceptors (Lipinski definition) is 5. The normalized spacial score (nSPS) is 12.8. The van der Waals surface area contributed by atoms with E-state index in [0.717, 1.165) is 0 Å². The van der Waals surface area contributed by atoms with E-state index in [1.54, 1.807) is 0 Å². The van der Waals surface area contributed by atoms with Gasteiger partial charge in [0.2, 0.25) is 6.79 Å². The molecule has 0 saturated heterocycles. The average molecular weight is 216 g/mol. The molecule has 2 N–H and O–H groups in total. The predicted octanol–water partition coefficient (Wildman–Crippen LogP) is 0.417. The van der Waals surface area contributed by atoms with Crippen molar-refractivity contribution in [1.29, 1.82) is 0 Å². The van der Waals surface area contributed by atoms with E-state index in [-0.39, 0.29) is 12.5 Å². The van der Waals surface area contributed by atoms with Crippen molar-refractivity contribution in [3.8, 4) is 17.2 Å². The fourth-order valence-corrected chi connectivity index (χ4v) is 1.39. The summed E-state index contributed by atoms with van der Waals surface area (Å²) >= 11 is 5.81. The summed E-state index contributed by atoms with van der Waals surface area (Å²) in [5.41, 5.74) is 0. The predicted molar refractivity (Wildman–Crippen MR) is 48.4 cm³/mol. The molecule has 0 aromatic heterocycles. The Morgan fingerprint density at radius 1 is 1.36 bits per heavy atom. The molecule has 0 atom stereocenters. The van der Waals surface area contributed by atoms with Gasteiger partial charge in [-0.3, -0.25) is 0 Å². The number of hydrogen-bond donors (Lipinski definition) is 2. The molecule has 1 aliphatic heterocycles. The summed E-state index contributed by atoms with van der Waals surface area (Å²) in [6.45, 7) is 0.0974. The summed E-state index contributed by atoms with van der Waals surface area (Å²) in [4.78, 5) is 0. The lowest BCUT2D eigenvalue weighted by Crippen LogP contribution is -2.20. The number of rotatable bonds is 2. The first-order valence-electron chi connectivity index (χ1n) is 3.79. The summed E-state index contributed by atoms with van der Waals surface area (Å²) in [5.74, 6) is 1.06. The van der Waals surface area contributed by atoms with Crippen molar-refractivity contribution in [2.75, 3.05) is 6.79 Å². The Balaban J connectivity index is 2.32. The first kappa shape index (κ1) is 9.45. The van der Waals surface area contributed by atoms with E-state index in [1.165, 1.54) is 12.1 Å². The summed E-state index contributed by atoms with van der Waals surface area (Å²) < 4.78 is 14.7. The van der Waals surface area contributed by atoms with Crippen LogP contribution in [0.15, 0.2) is 12.1 Å². The van der Waals surface area contributed by atoms with Crippen LogP contribution in [0.25, 0.3) is 0 Å². The van der Waals surface area contributed by atoms with E-state index in [4.69, 9.17) is 31.1 Å². The highest BCUT2D eigenvalue weighted by atomic mass is 35.5. The van der Waals surface area contributed by atoms with Gasteiger partial charge in [-0.25, -0.2) is 0 Å². The van der Waals surface area contributed by atoms with Crippen molar-refractivity contribution in [1.82, 2.24) is 0 Å². The maximum absolute atomic E-state index is 8.56. The lowest BCUT2D eigenvalue weighted by atomic mass is 10.2. The zero-order valence-corrected chi connectivity index (χ0v) is 7.69. The van der Waals surface area contributed by atoms with Crippen LogP contribution >= 0.6 is 11.6 Å². The van der Waals surface area contributed by atoms with Gasteiger partial charge in [0.05, 0.1) is 5.02 Å². The fraction of sp³-hybridized carbons (Fsp3) is 0.143. The van der Waals surface area contributed by atoms with E-state index < -0.39 is 7.32 Å². The topological polar surface area (TPSA) is 68.2 Å². The molecule has 14 heavy (non-hydrogen) atoms. The molecule has 1 aliphatic rings. The third kappa shape index (κ3) is 1.72. The first-order chi connectivity index (χ1) is 6.66. The summed E-state index contributed by atoms with van der Waals surface area (Å²) in [5, 5.41) is 17.4. The van der Waals surface area contributed by atoms with Crippen LogP contribution in [-0.2, 0) is 0 Å². The number of fused-ring (bicyclic) bond motifs is 1. The molecule has 2 rings (SSSR count). The quantitative estimate of drug-likeness (QED) is 0.701. The fourth-order valence-electron chi connectivity index (χ4n) is 1.13. The van der Waals surface area contributed by atoms with Crippen LogP contribution in [0.4, 0.5) is 0 Å². The maximum Gasteiger partial charge on any atom is 0.707 e. The van der Waals surface area contributed by atoms with Crippen molar-refractivity contribution < 1.29 is 24.2 Å². The summed E-state index contributed by atoms with van der Waals surface area (Å²) in [6.07, 6.45) is 0. The van der Waals surface area contributed by atoms with Crippen molar-refractivity contribution >= 4 is 18.9 Å². The second-order valence-corrected chi connectivity index (χ2v) is 2.99. The first-order valence-corrected chi connectivity index (χ1v) is 4.16. The van der Waals surface area contributed by atoms with Crippen molar-refractivity contribution in [3.05, 3.63) is 17.2 Å². The van der Waals surface area contributed by atoms with Gasteiger partial charge in [-0.2, -0.15) is 0 Å². The van der Waals surface area contributed by atoms with Crippen molar-refractivity contribution in [2.45, 2.75) is 0 Å². The highest BCUT2D eigenvalue weighted by Crippen LogP contribution is 2.41. The van der Waals surface area contributed by atoms with Crippen LogP contribution in [0, 0.1) is 0 Å². The smallest absolute Gasteiger partial charge is 0.512 e. The van der Waals surface area contributed by atoms with Gasteiger partial charge in [0.15, 0.2) is 11.5 Å². The second-order valence-electron chi connectivity index (χ2n) is 2.58. The Morgan fingerprint density at radius 2 is 2.14 bits per heavy atom. The molecular formula is C7H6BClO5. The monoisotopic (exact) mass is 216 g/mol. The molecule has 0 amide bonds. The molecule has 0 aliphatic carbocycles. The molecule has 74 valence electrons. The van der Waals surface area contributed by atoms with E-state index in [9.17, 15) is 0 Å². The molecule has 1 aromatic rings. The zero-order valence-electron chi connectivity index (χ0n) is 6.94. The SMILES string of the molecule is OB(O)Oc1cc(Cl)c2c(c1)OCO2. The van der Waals surface area contributed by atoms with E-state index in [1.807, 2.05) is 0 Å². The Morgan fingerprint density at radius 3 is 2.86 bits per heavy atom. The van der Waals surface area contributed by atoms with Gasteiger partial charge in [0.25, 0.3) is 0 Å². The minimum absolute atomic E-state index is 0.0974. The van der Waals surface area contributed by atoms with E-state index >= 15 is 0 Å².